The molecule has 1 amide bonds. The van der Waals surface area contributed by atoms with Crippen molar-refractivity contribution in [1.82, 2.24) is 10.2 Å². The quantitative estimate of drug-likeness (QED) is 0.878. The average molecular weight is 283 g/mol. The molecule has 0 aromatic heterocycles. The molecular formula is C14H19ClN2O2. The number of benzene rings is 1. The first kappa shape index (κ1) is 14.3. The second kappa shape index (κ2) is 6.89. The standard InChI is InChI=1S/C14H19ClN2O2/c15-13-4-2-1-3-11(13)9-16-14(19)10-17-7-5-12(18)6-8-17/h1-4,12,18H,5-10H2,(H,16,19). The van der Waals surface area contributed by atoms with Crippen molar-refractivity contribution in [2.24, 2.45) is 0 Å². The summed E-state index contributed by atoms with van der Waals surface area (Å²) in [6.07, 6.45) is 1.29. The fourth-order valence-corrected chi connectivity index (χ4v) is 2.37. The van der Waals surface area contributed by atoms with E-state index in [2.05, 4.69) is 10.2 Å². The zero-order chi connectivity index (χ0) is 13.7. The van der Waals surface area contributed by atoms with Gasteiger partial charge in [0.05, 0.1) is 12.6 Å². The lowest BCUT2D eigenvalue weighted by Gasteiger charge is -2.28. The Morgan fingerprint density at radius 2 is 2.05 bits per heavy atom. The molecule has 2 N–H and O–H groups in total. The number of carbonyl (C=O) groups is 1. The van der Waals surface area contributed by atoms with Crippen molar-refractivity contribution in [1.29, 1.82) is 0 Å². The monoisotopic (exact) mass is 282 g/mol. The Morgan fingerprint density at radius 1 is 1.37 bits per heavy atom. The molecule has 5 heteroatoms. The summed E-state index contributed by atoms with van der Waals surface area (Å²) in [7, 11) is 0. The van der Waals surface area contributed by atoms with Crippen molar-refractivity contribution in [3.8, 4) is 0 Å². The van der Waals surface area contributed by atoms with Crippen molar-refractivity contribution in [2.75, 3.05) is 19.6 Å². The van der Waals surface area contributed by atoms with Gasteiger partial charge in [-0.15, -0.1) is 0 Å². The van der Waals surface area contributed by atoms with E-state index in [1.807, 2.05) is 24.3 Å². The molecule has 19 heavy (non-hydrogen) atoms. The number of nitrogens with zero attached hydrogens (tertiary/aromatic N) is 1. The minimum Gasteiger partial charge on any atom is -0.393 e. The van der Waals surface area contributed by atoms with E-state index in [0.717, 1.165) is 31.5 Å². The summed E-state index contributed by atoms with van der Waals surface area (Å²) in [4.78, 5) is 13.9. The molecule has 0 aliphatic carbocycles. The molecule has 1 fully saturated rings. The van der Waals surface area contributed by atoms with Gasteiger partial charge in [-0.2, -0.15) is 0 Å². The number of rotatable bonds is 4. The van der Waals surface area contributed by atoms with E-state index >= 15 is 0 Å². The number of hydrogen-bond donors (Lipinski definition) is 2. The summed E-state index contributed by atoms with van der Waals surface area (Å²) in [5.41, 5.74) is 0.923. The van der Waals surface area contributed by atoms with Gasteiger partial charge in [-0.05, 0) is 24.5 Å². The maximum absolute atomic E-state index is 11.8. The number of halogens is 1. The zero-order valence-electron chi connectivity index (χ0n) is 10.8. The van der Waals surface area contributed by atoms with Crippen molar-refractivity contribution >= 4 is 17.5 Å². The van der Waals surface area contributed by atoms with Gasteiger partial charge in [0.2, 0.25) is 5.91 Å². The van der Waals surface area contributed by atoms with Crippen LogP contribution in [0.3, 0.4) is 0 Å². The highest BCUT2D eigenvalue weighted by atomic mass is 35.5. The van der Waals surface area contributed by atoms with Gasteiger partial charge in [0.1, 0.15) is 0 Å². The van der Waals surface area contributed by atoms with Crippen LogP contribution >= 0.6 is 11.6 Å². The number of piperidine rings is 1. The molecule has 0 spiro atoms. The van der Waals surface area contributed by atoms with Crippen LogP contribution in [0.2, 0.25) is 5.02 Å². The minimum atomic E-state index is -0.206. The lowest BCUT2D eigenvalue weighted by molar-refractivity contribution is -0.122. The van der Waals surface area contributed by atoms with E-state index < -0.39 is 0 Å². The summed E-state index contributed by atoms with van der Waals surface area (Å²) in [5, 5.41) is 12.9. The van der Waals surface area contributed by atoms with Gasteiger partial charge >= 0.3 is 0 Å². The lowest BCUT2D eigenvalue weighted by atomic mass is 10.1. The molecule has 0 saturated carbocycles. The van der Waals surface area contributed by atoms with E-state index in [1.165, 1.54) is 0 Å². The van der Waals surface area contributed by atoms with Gasteiger partial charge in [-0.3, -0.25) is 9.69 Å². The first-order valence-electron chi connectivity index (χ1n) is 6.55. The maximum atomic E-state index is 11.8. The fourth-order valence-electron chi connectivity index (χ4n) is 2.17. The van der Waals surface area contributed by atoms with E-state index in [9.17, 15) is 9.90 Å². The molecule has 104 valence electrons. The average Bonchev–Trinajstić information content (AvgIpc) is 2.40. The predicted octanol–water partition coefficient (Wildman–Crippen LogP) is 1.41. The van der Waals surface area contributed by atoms with Crippen molar-refractivity contribution in [3.63, 3.8) is 0 Å². The second-order valence-corrected chi connectivity index (χ2v) is 5.28. The molecule has 1 heterocycles. The smallest absolute Gasteiger partial charge is 0.234 e. The van der Waals surface area contributed by atoms with Crippen LogP contribution < -0.4 is 5.32 Å². The van der Waals surface area contributed by atoms with E-state index in [4.69, 9.17) is 11.6 Å². The van der Waals surface area contributed by atoms with Gasteiger partial charge in [0.15, 0.2) is 0 Å². The molecule has 2 rings (SSSR count). The molecular weight excluding hydrogens is 264 g/mol. The molecule has 1 saturated heterocycles. The van der Waals surface area contributed by atoms with Crippen LogP contribution in [0.15, 0.2) is 24.3 Å². The first-order chi connectivity index (χ1) is 9.15. The number of carbonyl (C=O) groups excluding carboxylic acids is 1. The third kappa shape index (κ3) is 4.49. The molecule has 0 unspecified atom stereocenters. The third-order valence-corrected chi connectivity index (χ3v) is 3.73. The second-order valence-electron chi connectivity index (χ2n) is 4.88. The summed E-state index contributed by atoms with van der Waals surface area (Å²) in [6.45, 7) is 2.40. The Hall–Kier alpha value is -1.10. The number of nitrogens with one attached hydrogen (secondary N) is 1. The summed E-state index contributed by atoms with van der Waals surface area (Å²) >= 11 is 6.03. The van der Waals surface area contributed by atoms with E-state index in [-0.39, 0.29) is 12.0 Å². The zero-order valence-corrected chi connectivity index (χ0v) is 11.6. The van der Waals surface area contributed by atoms with E-state index in [0.29, 0.717) is 18.1 Å². The van der Waals surface area contributed by atoms with Crippen LogP contribution in [0.25, 0.3) is 0 Å². The van der Waals surface area contributed by atoms with Crippen LogP contribution in [0.1, 0.15) is 18.4 Å². The molecule has 0 atom stereocenters. The molecule has 1 aliphatic rings. The van der Waals surface area contributed by atoms with Gasteiger partial charge in [-0.25, -0.2) is 0 Å². The minimum absolute atomic E-state index is 0.00342. The number of aliphatic hydroxyl groups excluding tert-OH is 1. The number of likely N-dealkylation sites (tertiary alicyclic amines) is 1. The number of aliphatic hydroxyl groups is 1. The Labute approximate surface area is 118 Å². The van der Waals surface area contributed by atoms with Crippen molar-refractivity contribution in [3.05, 3.63) is 34.9 Å². The Kier molecular flexibility index (Phi) is 5.19. The van der Waals surface area contributed by atoms with Crippen molar-refractivity contribution in [2.45, 2.75) is 25.5 Å². The van der Waals surface area contributed by atoms with Gasteiger partial charge in [-0.1, -0.05) is 29.8 Å². The van der Waals surface area contributed by atoms with Crippen LogP contribution in [-0.4, -0.2) is 41.7 Å². The highest BCUT2D eigenvalue weighted by Gasteiger charge is 2.18. The van der Waals surface area contributed by atoms with Gasteiger partial charge in [0, 0.05) is 24.7 Å². The van der Waals surface area contributed by atoms with Gasteiger partial charge in [0.25, 0.3) is 0 Å². The normalized spacial score (nSPS) is 17.4. The SMILES string of the molecule is O=C(CN1CCC(O)CC1)NCc1ccccc1Cl. The first-order valence-corrected chi connectivity index (χ1v) is 6.93. The van der Waals surface area contributed by atoms with Crippen molar-refractivity contribution < 1.29 is 9.90 Å². The van der Waals surface area contributed by atoms with Crippen LogP contribution in [0, 0.1) is 0 Å². The highest BCUT2D eigenvalue weighted by Crippen LogP contribution is 2.14. The number of hydrogen-bond acceptors (Lipinski definition) is 3. The lowest BCUT2D eigenvalue weighted by Crippen LogP contribution is -2.42. The Morgan fingerprint density at radius 3 is 2.74 bits per heavy atom. The third-order valence-electron chi connectivity index (χ3n) is 3.36. The highest BCUT2D eigenvalue weighted by molar-refractivity contribution is 6.31. The Balaban J connectivity index is 1.74. The molecule has 1 aliphatic heterocycles. The van der Waals surface area contributed by atoms with Gasteiger partial charge < -0.3 is 10.4 Å². The largest absolute Gasteiger partial charge is 0.393 e. The molecule has 1 aromatic carbocycles. The summed E-state index contributed by atoms with van der Waals surface area (Å²) < 4.78 is 0. The summed E-state index contributed by atoms with van der Waals surface area (Å²) in [6, 6.07) is 7.49. The summed E-state index contributed by atoms with van der Waals surface area (Å²) in [5.74, 6) is -0.00342. The topological polar surface area (TPSA) is 52.6 Å². The predicted molar refractivity (Wildman–Crippen MR) is 75.0 cm³/mol. The molecule has 1 aromatic rings. The van der Waals surface area contributed by atoms with Crippen LogP contribution in [0.5, 0.6) is 0 Å². The molecule has 0 bridgehead atoms. The van der Waals surface area contributed by atoms with Crippen LogP contribution in [0.4, 0.5) is 0 Å². The molecule has 0 radical (unpaired) electrons. The van der Waals surface area contributed by atoms with Crippen LogP contribution in [-0.2, 0) is 11.3 Å². The number of amides is 1. The Bertz CT molecular complexity index is 431. The fraction of sp³-hybridized carbons (Fsp3) is 0.500. The maximum Gasteiger partial charge on any atom is 0.234 e. The molecule has 4 nitrogen and oxygen atoms in total. The van der Waals surface area contributed by atoms with E-state index in [1.54, 1.807) is 0 Å².